The molecule has 1 spiro atoms. The van der Waals surface area contributed by atoms with Gasteiger partial charge in [-0.05, 0) is 55.5 Å². The number of hydrogen-bond acceptors (Lipinski definition) is 7. The van der Waals surface area contributed by atoms with Crippen molar-refractivity contribution >= 4 is 35.2 Å². The summed E-state index contributed by atoms with van der Waals surface area (Å²) in [6, 6.07) is 15.2. The Kier molecular flexibility index (Phi) is 7.42. The summed E-state index contributed by atoms with van der Waals surface area (Å²) in [6.07, 6.45) is 1.12. The number of hydrogen-bond donors (Lipinski definition) is 2. The van der Waals surface area contributed by atoms with Crippen LogP contribution in [0.2, 0.25) is 0 Å². The van der Waals surface area contributed by atoms with Crippen LogP contribution >= 0.6 is 11.8 Å². The van der Waals surface area contributed by atoms with Crippen LogP contribution < -0.4 is 10.1 Å². The van der Waals surface area contributed by atoms with Crippen molar-refractivity contribution in [2.24, 2.45) is 17.8 Å². The fourth-order valence-corrected chi connectivity index (χ4v) is 9.08. The first-order chi connectivity index (χ1) is 18.3. The van der Waals surface area contributed by atoms with Gasteiger partial charge in [-0.25, -0.2) is 0 Å². The first-order valence-electron chi connectivity index (χ1n) is 13.1. The summed E-state index contributed by atoms with van der Waals surface area (Å²) in [5.41, 5.74) is 1.54. The summed E-state index contributed by atoms with van der Waals surface area (Å²) in [5.74, 6) is -1.56. The van der Waals surface area contributed by atoms with Crippen molar-refractivity contribution in [3.05, 3.63) is 60.2 Å². The van der Waals surface area contributed by atoms with Gasteiger partial charge < -0.3 is 24.8 Å². The summed E-state index contributed by atoms with van der Waals surface area (Å²) >= 11 is 1.59. The number of methoxy groups -OCH3 is 1. The SMILES string of the molecule is CCOC(=O)[C@@H]1[C@@H]2CC(C)C3(S2)C(C(=O)Nc2ccc(OC)cc2)N([C@@H](CO)Cc2ccccc2)C(=O)[C@H]13. The zero-order chi connectivity index (χ0) is 27.0. The first-order valence-corrected chi connectivity index (χ1v) is 14.0. The van der Waals surface area contributed by atoms with Crippen molar-refractivity contribution in [3.8, 4) is 5.75 Å². The van der Waals surface area contributed by atoms with E-state index in [9.17, 15) is 19.5 Å². The minimum atomic E-state index is -0.854. The molecule has 2 bridgehead atoms. The maximum Gasteiger partial charge on any atom is 0.310 e. The largest absolute Gasteiger partial charge is 0.497 e. The molecule has 7 atom stereocenters. The van der Waals surface area contributed by atoms with Gasteiger partial charge >= 0.3 is 5.97 Å². The van der Waals surface area contributed by atoms with Gasteiger partial charge in [0.1, 0.15) is 11.8 Å². The number of anilines is 1. The van der Waals surface area contributed by atoms with Gasteiger partial charge in [-0.15, -0.1) is 11.8 Å². The molecule has 0 saturated carbocycles. The van der Waals surface area contributed by atoms with Crippen LogP contribution in [0.1, 0.15) is 25.8 Å². The number of fused-ring (bicyclic) bond motifs is 1. The molecule has 3 saturated heterocycles. The molecule has 8 nitrogen and oxygen atoms in total. The van der Waals surface area contributed by atoms with E-state index < -0.39 is 28.7 Å². The quantitative estimate of drug-likeness (QED) is 0.473. The number of rotatable bonds is 9. The summed E-state index contributed by atoms with van der Waals surface area (Å²) in [4.78, 5) is 43.1. The van der Waals surface area contributed by atoms with E-state index >= 15 is 0 Å². The topological polar surface area (TPSA) is 105 Å². The zero-order valence-corrected chi connectivity index (χ0v) is 22.6. The molecule has 3 unspecified atom stereocenters. The van der Waals surface area contributed by atoms with E-state index in [2.05, 4.69) is 12.2 Å². The molecule has 0 aromatic heterocycles. The highest BCUT2D eigenvalue weighted by Crippen LogP contribution is 2.69. The average Bonchev–Trinajstić information content (AvgIpc) is 3.52. The normalized spacial score (nSPS) is 30.2. The fraction of sp³-hybridized carbons (Fsp3) is 0.483. The third kappa shape index (κ3) is 4.25. The van der Waals surface area contributed by atoms with Gasteiger partial charge in [-0.2, -0.15) is 0 Å². The molecule has 5 rings (SSSR count). The molecular weight excluding hydrogens is 504 g/mol. The van der Waals surface area contributed by atoms with Crippen LogP contribution in [0, 0.1) is 17.8 Å². The Bertz CT molecular complexity index is 1190. The molecule has 2 aromatic rings. The number of ether oxygens (including phenoxy) is 2. The number of likely N-dealkylation sites (tertiary alicyclic amines) is 1. The second kappa shape index (κ2) is 10.6. The molecule has 202 valence electrons. The highest BCUT2D eigenvalue weighted by atomic mass is 32.2. The lowest BCUT2D eigenvalue weighted by Crippen LogP contribution is -2.57. The number of carbonyl (C=O) groups excluding carboxylic acids is 3. The molecule has 9 heteroatoms. The van der Waals surface area contributed by atoms with Gasteiger partial charge in [0.05, 0.1) is 42.9 Å². The van der Waals surface area contributed by atoms with Crippen LogP contribution in [0.15, 0.2) is 54.6 Å². The Morgan fingerprint density at radius 2 is 1.89 bits per heavy atom. The van der Waals surface area contributed by atoms with E-state index in [1.165, 1.54) is 0 Å². The molecule has 3 aliphatic heterocycles. The van der Waals surface area contributed by atoms with Crippen LogP contribution in [0.25, 0.3) is 0 Å². The number of esters is 1. The second-order valence-electron chi connectivity index (χ2n) is 10.3. The summed E-state index contributed by atoms with van der Waals surface area (Å²) < 4.78 is 9.85. The van der Waals surface area contributed by atoms with Crippen molar-refractivity contribution in [3.63, 3.8) is 0 Å². The van der Waals surface area contributed by atoms with Crippen molar-refractivity contribution in [2.45, 2.75) is 48.8 Å². The number of aliphatic hydroxyl groups excluding tert-OH is 1. The molecular formula is C29H34N2O6S. The van der Waals surface area contributed by atoms with E-state index in [0.717, 1.165) is 12.0 Å². The molecule has 2 amide bonds. The number of carbonyl (C=O) groups is 3. The van der Waals surface area contributed by atoms with E-state index in [1.807, 2.05) is 30.3 Å². The summed E-state index contributed by atoms with van der Waals surface area (Å²) in [7, 11) is 1.58. The van der Waals surface area contributed by atoms with Gasteiger partial charge in [-0.3, -0.25) is 14.4 Å². The number of benzene rings is 2. The number of nitrogens with one attached hydrogen (secondary N) is 1. The molecule has 2 aromatic carbocycles. The third-order valence-corrected chi connectivity index (χ3v) is 10.3. The van der Waals surface area contributed by atoms with Crippen molar-refractivity contribution in [1.29, 1.82) is 0 Å². The molecule has 3 heterocycles. The fourth-order valence-electron chi connectivity index (χ4n) is 6.68. The molecule has 3 fully saturated rings. The number of thioether (sulfide) groups is 1. The number of nitrogens with zero attached hydrogens (tertiary/aromatic N) is 1. The van der Waals surface area contributed by atoms with Crippen LogP contribution in [0.5, 0.6) is 5.75 Å². The highest BCUT2D eigenvalue weighted by molar-refractivity contribution is 8.02. The van der Waals surface area contributed by atoms with Gasteiger partial charge in [-0.1, -0.05) is 37.3 Å². The lowest BCUT2D eigenvalue weighted by Gasteiger charge is -2.40. The summed E-state index contributed by atoms with van der Waals surface area (Å²) in [6.45, 7) is 3.75. The summed E-state index contributed by atoms with van der Waals surface area (Å²) in [5, 5.41) is 13.5. The predicted octanol–water partition coefficient (Wildman–Crippen LogP) is 3.14. The van der Waals surface area contributed by atoms with Crippen LogP contribution in [-0.2, 0) is 25.5 Å². The Labute approximate surface area is 227 Å². The van der Waals surface area contributed by atoms with Gasteiger partial charge in [0.25, 0.3) is 0 Å². The number of amides is 2. The van der Waals surface area contributed by atoms with Crippen LogP contribution in [-0.4, -0.2) is 70.2 Å². The molecule has 2 N–H and O–H groups in total. The third-order valence-electron chi connectivity index (χ3n) is 8.27. The molecule has 38 heavy (non-hydrogen) atoms. The Morgan fingerprint density at radius 1 is 1.18 bits per heavy atom. The van der Waals surface area contributed by atoms with Crippen molar-refractivity contribution < 1.29 is 29.0 Å². The average molecular weight is 539 g/mol. The lowest BCUT2D eigenvalue weighted by atomic mass is 9.66. The van der Waals surface area contributed by atoms with Crippen molar-refractivity contribution in [2.75, 3.05) is 25.6 Å². The number of aliphatic hydroxyl groups is 1. The Balaban J connectivity index is 1.55. The van der Waals surface area contributed by atoms with E-state index in [0.29, 0.717) is 17.9 Å². The smallest absolute Gasteiger partial charge is 0.310 e. The first kappa shape index (κ1) is 26.6. The zero-order valence-electron chi connectivity index (χ0n) is 21.8. The lowest BCUT2D eigenvalue weighted by molar-refractivity contribution is -0.154. The maximum atomic E-state index is 14.3. The minimum Gasteiger partial charge on any atom is -0.497 e. The predicted molar refractivity (Wildman–Crippen MR) is 145 cm³/mol. The molecule has 3 aliphatic rings. The standard InChI is InChI=1S/C29H34N2O6S/c1-4-37-28(35)23-22-14-17(2)29(38-22)24(23)27(34)31(20(16-32)15-18-8-6-5-7-9-18)25(29)26(33)30-19-10-12-21(36-3)13-11-19/h5-13,17,20,22-25,32H,4,14-16H2,1-3H3,(H,30,33)/t17?,20-,22+,23-,24+,25?,29?/m1/s1. The highest BCUT2D eigenvalue weighted by Gasteiger charge is 2.76. The molecule has 0 radical (unpaired) electrons. The monoisotopic (exact) mass is 538 g/mol. The van der Waals surface area contributed by atoms with Gasteiger partial charge in [0, 0.05) is 10.9 Å². The second-order valence-corrected chi connectivity index (χ2v) is 11.8. The van der Waals surface area contributed by atoms with Gasteiger partial charge in [0.15, 0.2) is 0 Å². The Hall–Kier alpha value is -3.04. The van der Waals surface area contributed by atoms with E-state index in [-0.39, 0.29) is 42.2 Å². The van der Waals surface area contributed by atoms with Crippen molar-refractivity contribution in [1.82, 2.24) is 4.90 Å². The van der Waals surface area contributed by atoms with E-state index in [4.69, 9.17) is 9.47 Å². The maximum absolute atomic E-state index is 14.3. The Morgan fingerprint density at radius 3 is 2.53 bits per heavy atom. The minimum absolute atomic E-state index is 0.0183. The van der Waals surface area contributed by atoms with Crippen LogP contribution in [0.3, 0.4) is 0 Å². The van der Waals surface area contributed by atoms with Gasteiger partial charge in [0.2, 0.25) is 11.8 Å². The molecule has 0 aliphatic carbocycles. The van der Waals surface area contributed by atoms with Crippen LogP contribution in [0.4, 0.5) is 5.69 Å². The van der Waals surface area contributed by atoms with E-state index in [1.54, 1.807) is 55.0 Å².